The van der Waals surface area contributed by atoms with Crippen LogP contribution >= 0.6 is 0 Å². The van der Waals surface area contributed by atoms with Crippen molar-refractivity contribution in [2.75, 3.05) is 0 Å². The molecule has 1 amide bonds. The maximum absolute atomic E-state index is 12.5. The van der Waals surface area contributed by atoms with Crippen molar-refractivity contribution in [3.05, 3.63) is 83.9 Å². The summed E-state index contributed by atoms with van der Waals surface area (Å²) in [4.78, 5) is 12.5. The van der Waals surface area contributed by atoms with Crippen molar-refractivity contribution >= 4 is 16.9 Å². The van der Waals surface area contributed by atoms with Gasteiger partial charge in [-0.15, -0.1) is 5.92 Å². The Morgan fingerprint density at radius 2 is 1.76 bits per heavy atom. The molecular formula is C25H25NO3. The number of rotatable bonds is 6. The van der Waals surface area contributed by atoms with Crippen molar-refractivity contribution in [1.82, 2.24) is 5.06 Å². The van der Waals surface area contributed by atoms with Gasteiger partial charge in [0, 0.05) is 6.42 Å². The molecule has 1 unspecified atom stereocenters. The van der Waals surface area contributed by atoms with Gasteiger partial charge in [-0.05, 0) is 34.4 Å². The summed E-state index contributed by atoms with van der Waals surface area (Å²) in [6.07, 6.45) is 1.91. The summed E-state index contributed by atoms with van der Waals surface area (Å²) in [5.74, 6) is 6.12. The minimum atomic E-state index is -0.822. The third-order valence-corrected chi connectivity index (χ3v) is 4.62. The third kappa shape index (κ3) is 5.60. The Labute approximate surface area is 171 Å². The van der Waals surface area contributed by atoms with Gasteiger partial charge in [-0.3, -0.25) is 5.21 Å². The summed E-state index contributed by atoms with van der Waals surface area (Å²) in [5.41, 5.74) is 1.59. The molecule has 4 nitrogen and oxygen atoms in total. The number of hydrogen-bond acceptors (Lipinski definition) is 3. The maximum atomic E-state index is 12.5. The van der Waals surface area contributed by atoms with Crippen LogP contribution in [-0.4, -0.2) is 16.4 Å². The van der Waals surface area contributed by atoms with Crippen LogP contribution in [-0.2, 0) is 11.3 Å². The van der Waals surface area contributed by atoms with E-state index in [2.05, 4.69) is 18.8 Å². The average molecular weight is 387 g/mol. The molecule has 3 aromatic rings. The molecule has 0 fully saturated rings. The summed E-state index contributed by atoms with van der Waals surface area (Å²) in [6, 6.07) is 22.3. The van der Waals surface area contributed by atoms with Gasteiger partial charge >= 0.3 is 6.09 Å². The first-order chi connectivity index (χ1) is 14.2. The number of ether oxygens (including phenoxy) is 1. The SMILES string of the molecule is CCCCC#CC(c1ccc2ccccc2c1)N(O)C(=O)OCc1ccccc1. The summed E-state index contributed by atoms with van der Waals surface area (Å²) in [7, 11) is 0. The number of unbranched alkanes of at least 4 members (excludes halogenated alkanes) is 2. The Morgan fingerprint density at radius 3 is 2.52 bits per heavy atom. The summed E-state index contributed by atoms with van der Waals surface area (Å²) in [5, 5.41) is 13.3. The Morgan fingerprint density at radius 1 is 1.03 bits per heavy atom. The van der Waals surface area contributed by atoms with Gasteiger partial charge < -0.3 is 4.74 Å². The van der Waals surface area contributed by atoms with E-state index in [0.29, 0.717) is 11.5 Å². The van der Waals surface area contributed by atoms with Gasteiger partial charge in [0.15, 0.2) is 0 Å². The zero-order valence-corrected chi connectivity index (χ0v) is 16.5. The Kier molecular flexibility index (Phi) is 7.27. The van der Waals surface area contributed by atoms with E-state index in [0.717, 1.165) is 34.7 Å². The molecule has 0 aliphatic carbocycles. The Balaban J connectivity index is 1.80. The predicted molar refractivity (Wildman–Crippen MR) is 114 cm³/mol. The molecular weight excluding hydrogens is 362 g/mol. The lowest BCUT2D eigenvalue weighted by molar-refractivity contribution is -0.0935. The van der Waals surface area contributed by atoms with Crippen LogP contribution < -0.4 is 0 Å². The molecule has 148 valence electrons. The highest BCUT2D eigenvalue weighted by Crippen LogP contribution is 2.24. The first-order valence-electron chi connectivity index (χ1n) is 9.85. The van der Waals surface area contributed by atoms with Crippen LogP contribution in [0.5, 0.6) is 0 Å². The van der Waals surface area contributed by atoms with Crippen LogP contribution in [0.3, 0.4) is 0 Å². The topological polar surface area (TPSA) is 49.8 Å². The highest BCUT2D eigenvalue weighted by atomic mass is 16.6. The fraction of sp³-hybridized carbons (Fsp3) is 0.240. The largest absolute Gasteiger partial charge is 0.443 e. The summed E-state index contributed by atoms with van der Waals surface area (Å²) in [6.45, 7) is 2.19. The molecule has 0 aliphatic heterocycles. The molecule has 0 saturated carbocycles. The minimum absolute atomic E-state index is 0.0877. The number of hydroxylamine groups is 2. The summed E-state index contributed by atoms with van der Waals surface area (Å²) < 4.78 is 5.28. The highest BCUT2D eigenvalue weighted by molar-refractivity contribution is 5.83. The first kappa shape index (κ1) is 20.4. The lowest BCUT2D eigenvalue weighted by Gasteiger charge is -2.22. The van der Waals surface area contributed by atoms with Crippen molar-refractivity contribution < 1.29 is 14.7 Å². The van der Waals surface area contributed by atoms with Gasteiger partial charge in [-0.2, -0.15) is 5.06 Å². The fourth-order valence-electron chi connectivity index (χ4n) is 2.99. The van der Waals surface area contributed by atoms with Crippen LogP contribution in [0.4, 0.5) is 4.79 Å². The second-order valence-corrected chi connectivity index (χ2v) is 6.82. The molecule has 0 heterocycles. The number of benzene rings is 3. The zero-order valence-electron chi connectivity index (χ0n) is 16.5. The van der Waals surface area contributed by atoms with E-state index >= 15 is 0 Å². The smallest absolute Gasteiger partial charge is 0.435 e. The lowest BCUT2D eigenvalue weighted by atomic mass is 10.0. The van der Waals surface area contributed by atoms with E-state index in [1.165, 1.54) is 0 Å². The zero-order chi connectivity index (χ0) is 20.5. The normalized spacial score (nSPS) is 11.4. The number of nitrogens with zero attached hydrogens (tertiary/aromatic N) is 1. The van der Waals surface area contributed by atoms with Gasteiger partial charge in [-0.25, -0.2) is 4.79 Å². The van der Waals surface area contributed by atoms with Crippen LogP contribution in [0, 0.1) is 11.8 Å². The first-order valence-corrected chi connectivity index (χ1v) is 9.85. The van der Waals surface area contributed by atoms with Gasteiger partial charge in [-0.1, -0.05) is 86.0 Å². The molecule has 0 bridgehead atoms. The standard InChI is InChI=1S/C25H25NO3/c1-2-3-4-8-15-24(23-17-16-21-13-9-10-14-22(21)18-23)26(28)25(27)29-19-20-11-6-5-7-12-20/h5-7,9-14,16-18,24,28H,2-4,19H2,1H3. The summed E-state index contributed by atoms with van der Waals surface area (Å²) >= 11 is 0. The fourth-order valence-corrected chi connectivity index (χ4v) is 2.99. The molecule has 0 radical (unpaired) electrons. The van der Waals surface area contributed by atoms with E-state index in [9.17, 15) is 10.0 Å². The molecule has 29 heavy (non-hydrogen) atoms. The van der Waals surface area contributed by atoms with Crippen molar-refractivity contribution in [1.29, 1.82) is 0 Å². The molecule has 0 spiro atoms. The average Bonchev–Trinajstić information content (AvgIpc) is 2.77. The predicted octanol–water partition coefficient (Wildman–Crippen LogP) is 6.10. The second kappa shape index (κ2) is 10.3. The lowest BCUT2D eigenvalue weighted by Crippen LogP contribution is -2.31. The molecule has 1 atom stereocenters. The van der Waals surface area contributed by atoms with E-state index in [1.807, 2.05) is 72.8 Å². The number of fused-ring (bicyclic) bond motifs is 1. The van der Waals surface area contributed by atoms with Crippen LogP contribution in [0.2, 0.25) is 0 Å². The van der Waals surface area contributed by atoms with E-state index < -0.39 is 12.1 Å². The van der Waals surface area contributed by atoms with Crippen LogP contribution in [0.15, 0.2) is 72.8 Å². The number of amides is 1. The second-order valence-electron chi connectivity index (χ2n) is 6.82. The number of hydrogen-bond donors (Lipinski definition) is 1. The van der Waals surface area contributed by atoms with Crippen LogP contribution in [0.25, 0.3) is 10.8 Å². The number of carbonyl (C=O) groups is 1. The van der Waals surface area contributed by atoms with Crippen molar-refractivity contribution in [3.63, 3.8) is 0 Å². The van der Waals surface area contributed by atoms with Crippen molar-refractivity contribution in [2.24, 2.45) is 0 Å². The molecule has 3 rings (SSSR count). The van der Waals surface area contributed by atoms with Gasteiger partial charge in [0.1, 0.15) is 12.6 Å². The molecule has 3 aromatic carbocycles. The molecule has 0 aliphatic rings. The Bertz CT molecular complexity index is 1000. The van der Waals surface area contributed by atoms with E-state index in [4.69, 9.17) is 4.74 Å². The van der Waals surface area contributed by atoms with Gasteiger partial charge in [0.05, 0.1) is 0 Å². The van der Waals surface area contributed by atoms with E-state index in [-0.39, 0.29) is 6.61 Å². The van der Waals surface area contributed by atoms with Crippen LogP contribution in [0.1, 0.15) is 43.4 Å². The molecule has 4 heteroatoms. The third-order valence-electron chi connectivity index (χ3n) is 4.62. The number of carbonyl (C=O) groups excluding carboxylic acids is 1. The minimum Gasteiger partial charge on any atom is -0.443 e. The van der Waals surface area contributed by atoms with Crippen molar-refractivity contribution in [3.8, 4) is 11.8 Å². The highest BCUT2D eigenvalue weighted by Gasteiger charge is 2.24. The molecule has 1 N–H and O–H groups in total. The van der Waals surface area contributed by atoms with E-state index in [1.54, 1.807) is 0 Å². The van der Waals surface area contributed by atoms with Gasteiger partial charge in [0.2, 0.25) is 0 Å². The maximum Gasteiger partial charge on any atom is 0.435 e. The monoisotopic (exact) mass is 387 g/mol. The Hall–Kier alpha value is -3.29. The molecule has 0 aromatic heterocycles. The molecule has 0 saturated heterocycles. The quantitative estimate of drug-likeness (QED) is 0.240. The van der Waals surface area contributed by atoms with Gasteiger partial charge in [0.25, 0.3) is 0 Å². The van der Waals surface area contributed by atoms with Crippen molar-refractivity contribution in [2.45, 2.75) is 38.8 Å².